The van der Waals surface area contributed by atoms with E-state index < -0.39 is 0 Å². The van der Waals surface area contributed by atoms with Crippen LogP contribution in [0.1, 0.15) is 37.3 Å². The van der Waals surface area contributed by atoms with Crippen LogP contribution in [0.2, 0.25) is 0 Å². The average Bonchev–Trinajstić information content (AvgIpc) is 2.18. The average molecular weight is 190 g/mol. The van der Waals surface area contributed by atoms with Gasteiger partial charge in [0, 0.05) is 0 Å². The second-order valence-electron chi connectivity index (χ2n) is 3.75. The van der Waals surface area contributed by atoms with Gasteiger partial charge >= 0.3 is 0 Å². The van der Waals surface area contributed by atoms with E-state index in [0.29, 0.717) is 11.7 Å². The molecule has 0 heterocycles. The number of phenols is 1. The zero-order chi connectivity index (χ0) is 10.6. The van der Waals surface area contributed by atoms with Gasteiger partial charge in [0.05, 0.1) is 0 Å². The van der Waals surface area contributed by atoms with Crippen LogP contribution in [-0.4, -0.2) is 5.11 Å². The molecule has 1 aromatic rings. The quantitative estimate of drug-likeness (QED) is 0.719. The van der Waals surface area contributed by atoms with Crippen molar-refractivity contribution >= 4 is 0 Å². The Kier molecular flexibility index (Phi) is 3.75. The van der Waals surface area contributed by atoms with E-state index in [9.17, 15) is 5.11 Å². The lowest BCUT2D eigenvalue weighted by Crippen LogP contribution is -1.92. The van der Waals surface area contributed by atoms with Gasteiger partial charge in [0.2, 0.25) is 0 Å². The third-order valence-electron chi connectivity index (χ3n) is 2.52. The van der Waals surface area contributed by atoms with E-state index in [1.807, 2.05) is 19.9 Å². The molecule has 1 N–H and O–H groups in total. The molecule has 1 nitrogen and oxygen atoms in total. The number of rotatable bonds is 3. The van der Waals surface area contributed by atoms with Crippen LogP contribution >= 0.6 is 0 Å². The summed E-state index contributed by atoms with van der Waals surface area (Å²) in [6, 6.07) is 5.83. The molecule has 0 saturated heterocycles. The highest BCUT2D eigenvalue weighted by molar-refractivity contribution is 5.36. The van der Waals surface area contributed by atoms with Gasteiger partial charge in [0.1, 0.15) is 5.75 Å². The van der Waals surface area contributed by atoms with Gasteiger partial charge in [-0.2, -0.15) is 0 Å². The molecule has 14 heavy (non-hydrogen) atoms. The minimum absolute atomic E-state index is 0.381. The highest BCUT2D eigenvalue weighted by atomic mass is 16.3. The fourth-order valence-electron chi connectivity index (χ4n) is 1.46. The van der Waals surface area contributed by atoms with Crippen LogP contribution in [-0.2, 0) is 0 Å². The van der Waals surface area contributed by atoms with Gasteiger partial charge in [-0.15, -0.1) is 0 Å². The van der Waals surface area contributed by atoms with E-state index >= 15 is 0 Å². The Hall–Kier alpha value is -1.24. The Morgan fingerprint density at radius 2 is 2.14 bits per heavy atom. The van der Waals surface area contributed by atoms with Crippen molar-refractivity contribution < 1.29 is 5.11 Å². The van der Waals surface area contributed by atoms with Gasteiger partial charge in [-0.3, -0.25) is 0 Å². The molecular formula is C13H18O. The molecule has 0 saturated carbocycles. The molecule has 0 fully saturated rings. The van der Waals surface area contributed by atoms with E-state index in [0.717, 1.165) is 12.0 Å². The lowest BCUT2D eigenvalue weighted by atomic mass is 9.96. The highest BCUT2D eigenvalue weighted by Crippen LogP contribution is 2.24. The van der Waals surface area contributed by atoms with E-state index in [4.69, 9.17) is 0 Å². The first-order valence-electron chi connectivity index (χ1n) is 5.05. The topological polar surface area (TPSA) is 20.2 Å². The molecule has 0 aliphatic heterocycles. The number of phenolic OH excluding ortho intramolecular Hbond substituents is 1. The molecule has 0 radical (unpaired) electrons. The lowest BCUT2D eigenvalue weighted by Gasteiger charge is -2.10. The molecule has 0 spiro atoms. The molecule has 0 aliphatic carbocycles. The Bertz CT molecular complexity index is 326. The molecule has 0 aromatic heterocycles. The van der Waals surface area contributed by atoms with Crippen LogP contribution in [0.4, 0.5) is 0 Å². The zero-order valence-corrected chi connectivity index (χ0v) is 9.12. The predicted octanol–water partition coefficient (Wildman–Crippen LogP) is 3.77. The molecule has 1 atom stereocenters. The third kappa shape index (κ3) is 2.63. The molecule has 1 rings (SSSR count). The monoisotopic (exact) mass is 190 g/mol. The summed E-state index contributed by atoms with van der Waals surface area (Å²) in [6.07, 6.45) is 5.30. The maximum atomic E-state index is 9.39. The van der Waals surface area contributed by atoms with Crippen LogP contribution in [0, 0.1) is 6.92 Å². The number of allylic oxidation sites excluding steroid dienone is 2. The summed E-state index contributed by atoms with van der Waals surface area (Å²) in [6.45, 7) is 6.17. The number of hydrogen-bond donors (Lipinski definition) is 1. The molecule has 0 bridgehead atoms. The predicted molar refractivity (Wildman–Crippen MR) is 60.7 cm³/mol. The van der Waals surface area contributed by atoms with Crippen molar-refractivity contribution in [3.63, 3.8) is 0 Å². The maximum Gasteiger partial charge on any atom is 0.118 e. The first kappa shape index (κ1) is 10.8. The highest BCUT2D eigenvalue weighted by Gasteiger charge is 2.04. The Labute approximate surface area is 86.1 Å². The number of aryl methyl sites for hydroxylation is 1. The molecule has 76 valence electrons. The van der Waals surface area contributed by atoms with Crippen LogP contribution in [0.15, 0.2) is 30.4 Å². The van der Waals surface area contributed by atoms with Gasteiger partial charge < -0.3 is 5.11 Å². The zero-order valence-electron chi connectivity index (χ0n) is 9.12. The summed E-state index contributed by atoms with van der Waals surface area (Å²) in [7, 11) is 0. The van der Waals surface area contributed by atoms with Crippen LogP contribution in [0.5, 0.6) is 5.75 Å². The van der Waals surface area contributed by atoms with E-state index in [1.165, 1.54) is 5.56 Å². The largest absolute Gasteiger partial charge is 0.508 e. The molecular weight excluding hydrogens is 172 g/mol. The smallest absolute Gasteiger partial charge is 0.118 e. The second kappa shape index (κ2) is 4.85. The van der Waals surface area contributed by atoms with Gasteiger partial charge in [-0.1, -0.05) is 31.2 Å². The summed E-state index contributed by atoms with van der Waals surface area (Å²) in [4.78, 5) is 0. The third-order valence-corrected chi connectivity index (χ3v) is 2.52. The Morgan fingerprint density at radius 1 is 1.43 bits per heavy atom. The summed E-state index contributed by atoms with van der Waals surface area (Å²) in [5, 5.41) is 9.39. The summed E-state index contributed by atoms with van der Waals surface area (Å²) < 4.78 is 0. The minimum atomic E-state index is 0.381. The molecule has 0 aliphatic rings. The fourth-order valence-corrected chi connectivity index (χ4v) is 1.46. The second-order valence-corrected chi connectivity index (χ2v) is 3.75. The Morgan fingerprint density at radius 3 is 2.71 bits per heavy atom. The van der Waals surface area contributed by atoms with Crippen molar-refractivity contribution in [1.29, 1.82) is 0 Å². The molecule has 1 aromatic carbocycles. The van der Waals surface area contributed by atoms with E-state index in [-0.39, 0.29) is 0 Å². The van der Waals surface area contributed by atoms with Gasteiger partial charge in [-0.05, 0) is 43.4 Å². The van der Waals surface area contributed by atoms with Crippen molar-refractivity contribution in [3.05, 3.63) is 41.5 Å². The van der Waals surface area contributed by atoms with Crippen LogP contribution < -0.4 is 0 Å². The number of benzene rings is 1. The number of hydrogen-bond acceptors (Lipinski definition) is 1. The summed E-state index contributed by atoms with van der Waals surface area (Å²) in [5.74, 6) is 0.900. The SMILES string of the molecule is C/C=C\CC(C)c1ccc(O)c(C)c1. The van der Waals surface area contributed by atoms with Crippen molar-refractivity contribution in [3.8, 4) is 5.75 Å². The maximum absolute atomic E-state index is 9.39. The lowest BCUT2D eigenvalue weighted by molar-refractivity contribution is 0.470. The fraction of sp³-hybridized carbons (Fsp3) is 0.385. The van der Waals surface area contributed by atoms with Crippen LogP contribution in [0.3, 0.4) is 0 Å². The van der Waals surface area contributed by atoms with Gasteiger partial charge in [-0.25, -0.2) is 0 Å². The van der Waals surface area contributed by atoms with Crippen molar-refractivity contribution in [2.45, 2.75) is 33.1 Å². The molecule has 1 heteroatoms. The van der Waals surface area contributed by atoms with Gasteiger partial charge in [0.15, 0.2) is 0 Å². The van der Waals surface area contributed by atoms with Crippen LogP contribution in [0.25, 0.3) is 0 Å². The summed E-state index contributed by atoms with van der Waals surface area (Å²) >= 11 is 0. The normalized spacial score (nSPS) is 13.4. The minimum Gasteiger partial charge on any atom is -0.508 e. The van der Waals surface area contributed by atoms with Crippen molar-refractivity contribution in [1.82, 2.24) is 0 Å². The summed E-state index contributed by atoms with van der Waals surface area (Å²) in [5.41, 5.74) is 2.24. The van der Waals surface area contributed by atoms with E-state index in [2.05, 4.69) is 25.1 Å². The van der Waals surface area contributed by atoms with Crippen molar-refractivity contribution in [2.75, 3.05) is 0 Å². The standard InChI is InChI=1S/C13H18O/c1-4-5-6-10(2)12-7-8-13(14)11(3)9-12/h4-5,7-10,14H,6H2,1-3H3/b5-4-. The first-order chi connectivity index (χ1) is 6.65. The van der Waals surface area contributed by atoms with Crippen molar-refractivity contribution in [2.24, 2.45) is 0 Å². The first-order valence-corrected chi connectivity index (χ1v) is 5.05. The number of aromatic hydroxyl groups is 1. The molecule has 1 unspecified atom stereocenters. The Balaban J connectivity index is 2.80. The van der Waals surface area contributed by atoms with E-state index in [1.54, 1.807) is 6.07 Å². The van der Waals surface area contributed by atoms with Gasteiger partial charge in [0.25, 0.3) is 0 Å². The molecule has 0 amide bonds.